The van der Waals surface area contributed by atoms with E-state index in [-0.39, 0.29) is 0 Å². The lowest BCUT2D eigenvalue weighted by Crippen LogP contribution is -1.98. The Morgan fingerprint density at radius 2 is 2.24 bits per heavy atom. The molecule has 3 nitrogen and oxygen atoms in total. The van der Waals surface area contributed by atoms with Gasteiger partial charge in [0.05, 0.1) is 20.4 Å². The molecule has 0 unspecified atom stereocenters. The fourth-order valence-corrected chi connectivity index (χ4v) is 2.83. The third-order valence-electron chi connectivity index (χ3n) is 2.19. The topological polar surface area (TPSA) is 49.6 Å². The van der Waals surface area contributed by atoms with Crippen molar-refractivity contribution in [2.75, 3.05) is 0 Å². The zero-order valence-electron chi connectivity index (χ0n) is 9.27. The molecule has 86 valence electrons. The van der Waals surface area contributed by atoms with Crippen LogP contribution in [-0.2, 0) is 6.42 Å². The summed E-state index contributed by atoms with van der Waals surface area (Å²) in [6, 6.07) is 8.12. The highest BCUT2D eigenvalue weighted by molar-refractivity contribution is 9.11. The van der Waals surface area contributed by atoms with Crippen LogP contribution in [0.3, 0.4) is 0 Å². The van der Waals surface area contributed by atoms with Gasteiger partial charge in [-0.15, -0.1) is 11.3 Å². The molecule has 17 heavy (non-hydrogen) atoms. The highest BCUT2D eigenvalue weighted by Gasteiger charge is 2.06. The highest BCUT2D eigenvalue weighted by atomic mass is 79.9. The maximum absolute atomic E-state index is 8.58. The lowest BCUT2D eigenvalue weighted by atomic mass is 10.2. The average Bonchev–Trinajstić information content (AvgIpc) is 2.72. The smallest absolute Gasteiger partial charge is 0.130 e. The number of rotatable bonds is 3. The lowest BCUT2D eigenvalue weighted by molar-refractivity contribution is 0.873. The molecule has 0 aliphatic rings. The molecule has 0 atom stereocenters. The SMILES string of the molecule is Cc1cc(-c2ccc(Br)s2)nc(CCC#N)n1. The standard InChI is InChI=1S/C12H10BrN3S/c1-8-7-9(10-4-5-11(13)17-10)16-12(15-8)3-2-6-14/h4-5,7H,2-3H2,1H3. The summed E-state index contributed by atoms with van der Waals surface area (Å²) in [5.41, 5.74) is 1.87. The van der Waals surface area contributed by atoms with Gasteiger partial charge in [-0.2, -0.15) is 5.26 Å². The van der Waals surface area contributed by atoms with Gasteiger partial charge in [0.25, 0.3) is 0 Å². The lowest BCUT2D eigenvalue weighted by Gasteiger charge is -2.02. The Morgan fingerprint density at radius 3 is 2.88 bits per heavy atom. The molecule has 2 rings (SSSR count). The molecule has 0 amide bonds. The number of aromatic nitrogens is 2. The number of thiophene rings is 1. The van der Waals surface area contributed by atoms with E-state index in [1.807, 2.05) is 25.1 Å². The quantitative estimate of drug-likeness (QED) is 0.868. The maximum atomic E-state index is 8.58. The van der Waals surface area contributed by atoms with E-state index in [2.05, 4.69) is 32.0 Å². The first-order valence-corrected chi connectivity index (χ1v) is 6.77. The number of nitriles is 1. The fraction of sp³-hybridized carbons (Fsp3) is 0.250. The van der Waals surface area contributed by atoms with Crippen molar-refractivity contribution in [3.05, 3.63) is 33.5 Å². The zero-order chi connectivity index (χ0) is 12.3. The molecule has 2 aromatic heterocycles. The van der Waals surface area contributed by atoms with Crippen molar-refractivity contribution < 1.29 is 0 Å². The summed E-state index contributed by atoms with van der Waals surface area (Å²) in [7, 11) is 0. The van der Waals surface area contributed by atoms with Gasteiger partial charge >= 0.3 is 0 Å². The Balaban J connectivity index is 2.35. The minimum atomic E-state index is 0.455. The summed E-state index contributed by atoms with van der Waals surface area (Å²) in [6.07, 6.45) is 1.06. The van der Waals surface area contributed by atoms with Crippen molar-refractivity contribution in [1.29, 1.82) is 5.26 Å². The Kier molecular flexibility index (Phi) is 3.87. The first kappa shape index (κ1) is 12.2. The van der Waals surface area contributed by atoms with Crippen molar-refractivity contribution in [1.82, 2.24) is 9.97 Å². The summed E-state index contributed by atoms with van der Waals surface area (Å²) in [4.78, 5) is 9.93. The average molecular weight is 308 g/mol. The molecule has 0 aliphatic heterocycles. The van der Waals surface area contributed by atoms with Crippen molar-refractivity contribution in [3.63, 3.8) is 0 Å². The maximum Gasteiger partial charge on any atom is 0.130 e. The Hall–Kier alpha value is -1.25. The first-order chi connectivity index (χ1) is 8.19. The molecule has 0 aliphatic carbocycles. The van der Waals surface area contributed by atoms with Gasteiger partial charge in [-0.3, -0.25) is 0 Å². The van der Waals surface area contributed by atoms with E-state index in [1.54, 1.807) is 11.3 Å². The van der Waals surface area contributed by atoms with E-state index in [9.17, 15) is 0 Å². The molecule has 2 aromatic rings. The highest BCUT2D eigenvalue weighted by Crippen LogP contribution is 2.30. The van der Waals surface area contributed by atoms with Crippen LogP contribution in [-0.4, -0.2) is 9.97 Å². The van der Waals surface area contributed by atoms with E-state index in [4.69, 9.17) is 5.26 Å². The second-order valence-corrected chi connectivity index (χ2v) is 6.04. The van der Waals surface area contributed by atoms with Crippen LogP contribution >= 0.6 is 27.3 Å². The molecule has 0 fully saturated rings. The molecule has 0 N–H and O–H groups in total. The second-order valence-electron chi connectivity index (χ2n) is 3.57. The van der Waals surface area contributed by atoms with Gasteiger partial charge in [0.2, 0.25) is 0 Å². The second kappa shape index (κ2) is 5.39. The third kappa shape index (κ3) is 3.11. The number of hydrogen-bond acceptors (Lipinski definition) is 4. The minimum Gasteiger partial charge on any atom is -0.238 e. The van der Waals surface area contributed by atoms with E-state index >= 15 is 0 Å². The van der Waals surface area contributed by atoms with Gasteiger partial charge in [-0.25, -0.2) is 9.97 Å². The molecule has 0 bridgehead atoms. The van der Waals surface area contributed by atoms with E-state index < -0.39 is 0 Å². The Morgan fingerprint density at radius 1 is 1.41 bits per heavy atom. The molecule has 0 aromatic carbocycles. The van der Waals surface area contributed by atoms with Gasteiger partial charge in [0, 0.05) is 18.5 Å². The van der Waals surface area contributed by atoms with Gasteiger partial charge in [-0.05, 0) is 41.1 Å². The van der Waals surface area contributed by atoms with Crippen molar-refractivity contribution in [3.8, 4) is 16.6 Å². The number of nitrogens with zero attached hydrogens (tertiary/aromatic N) is 3. The molecule has 0 saturated heterocycles. The van der Waals surface area contributed by atoms with Crippen molar-refractivity contribution >= 4 is 27.3 Å². The van der Waals surface area contributed by atoms with Crippen LogP contribution in [0.2, 0.25) is 0 Å². The van der Waals surface area contributed by atoms with Gasteiger partial charge < -0.3 is 0 Å². The summed E-state index contributed by atoms with van der Waals surface area (Å²) in [5.74, 6) is 0.742. The van der Waals surface area contributed by atoms with Crippen LogP contribution in [0, 0.1) is 18.3 Å². The van der Waals surface area contributed by atoms with Crippen molar-refractivity contribution in [2.24, 2.45) is 0 Å². The summed E-state index contributed by atoms with van der Waals surface area (Å²) < 4.78 is 1.09. The summed E-state index contributed by atoms with van der Waals surface area (Å²) >= 11 is 5.08. The van der Waals surface area contributed by atoms with Gasteiger partial charge in [-0.1, -0.05) is 0 Å². The number of hydrogen-bond donors (Lipinski definition) is 0. The summed E-state index contributed by atoms with van der Waals surface area (Å²) in [5, 5.41) is 8.58. The van der Waals surface area contributed by atoms with Crippen LogP contribution < -0.4 is 0 Å². The molecular formula is C12H10BrN3S. The fourth-order valence-electron chi connectivity index (χ4n) is 1.49. The molecule has 2 heterocycles. The molecule has 0 radical (unpaired) electrons. The van der Waals surface area contributed by atoms with Crippen LogP contribution in [0.5, 0.6) is 0 Å². The Labute approximate surface area is 112 Å². The van der Waals surface area contributed by atoms with Gasteiger partial charge in [0.1, 0.15) is 5.82 Å². The zero-order valence-corrected chi connectivity index (χ0v) is 11.7. The predicted molar refractivity (Wildman–Crippen MR) is 71.7 cm³/mol. The van der Waals surface area contributed by atoms with Crippen molar-refractivity contribution in [2.45, 2.75) is 19.8 Å². The molecule has 0 saturated carbocycles. The monoisotopic (exact) mass is 307 g/mol. The summed E-state index contributed by atoms with van der Waals surface area (Å²) in [6.45, 7) is 1.95. The van der Waals surface area contributed by atoms with Crippen LogP contribution in [0.4, 0.5) is 0 Å². The molecular weight excluding hydrogens is 298 g/mol. The normalized spacial score (nSPS) is 10.2. The Bertz CT molecular complexity index is 571. The van der Waals surface area contributed by atoms with Crippen LogP contribution in [0.1, 0.15) is 17.9 Å². The molecule has 5 heteroatoms. The first-order valence-electron chi connectivity index (χ1n) is 5.16. The van der Waals surface area contributed by atoms with E-state index in [1.165, 1.54) is 0 Å². The third-order valence-corrected chi connectivity index (χ3v) is 3.83. The largest absolute Gasteiger partial charge is 0.238 e. The van der Waals surface area contributed by atoms with E-state index in [0.29, 0.717) is 12.8 Å². The number of halogens is 1. The van der Waals surface area contributed by atoms with Crippen LogP contribution in [0.15, 0.2) is 22.0 Å². The predicted octanol–water partition coefficient (Wildman–Crippen LogP) is 3.73. The molecule has 0 spiro atoms. The minimum absolute atomic E-state index is 0.455. The van der Waals surface area contributed by atoms with Gasteiger partial charge in [0.15, 0.2) is 0 Å². The number of aryl methyl sites for hydroxylation is 2. The van der Waals surface area contributed by atoms with E-state index in [0.717, 1.165) is 25.9 Å². The van der Waals surface area contributed by atoms with Crippen LogP contribution in [0.25, 0.3) is 10.6 Å².